The fraction of sp³-hybridized carbons (Fsp3) is 0.261. The van der Waals surface area contributed by atoms with Crippen LogP contribution in [0.25, 0.3) is 0 Å². The summed E-state index contributed by atoms with van der Waals surface area (Å²) in [7, 11) is -3.85. The molecular formula is C23H25N3O5S2. The lowest BCUT2D eigenvalue weighted by molar-refractivity contribution is -0.146. The Balaban J connectivity index is 1.67. The number of thiazole rings is 1. The van der Waals surface area contributed by atoms with Crippen LogP contribution in [0.15, 0.2) is 58.8 Å². The minimum atomic E-state index is -3.85. The number of carbonyl (C=O) groups is 2. The number of hydrogen-bond acceptors (Lipinski definition) is 7. The van der Waals surface area contributed by atoms with Crippen LogP contribution in [0.3, 0.4) is 0 Å². The van der Waals surface area contributed by atoms with E-state index in [0.29, 0.717) is 10.8 Å². The lowest BCUT2D eigenvalue weighted by Crippen LogP contribution is -2.39. The van der Waals surface area contributed by atoms with Gasteiger partial charge in [-0.05, 0) is 50.1 Å². The third-order valence-corrected chi connectivity index (χ3v) is 7.40. The molecule has 10 heteroatoms. The van der Waals surface area contributed by atoms with Crippen LogP contribution in [0.5, 0.6) is 0 Å². The Kier molecular flexibility index (Phi) is 7.62. The summed E-state index contributed by atoms with van der Waals surface area (Å²) in [4.78, 5) is 30.7. The fourth-order valence-electron chi connectivity index (χ4n) is 3.07. The van der Waals surface area contributed by atoms with Crippen molar-refractivity contribution in [2.24, 2.45) is 0 Å². The summed E-state index contributed by atoms with van der Waals surface area (Å²) in [6.45, 7) is 6.63. The summed E-state index contributed by atoms with van der Waals surface area (Å²) in [5, 5.41) is 2.16. The third-order valence-electron chi connectivity index (χ3n) is 4.96. The summed E-state index contributed by atoms with van der Waals surface area (Å²) in [6.07, 6.45) is 0. The molecule has 33 heavy (non-hydrogen) atoms. The standard InChI is InChI=1S/C23H25N3O5S2/c1-15-9-8-12-21(16(15)2)26(18(4)27)23-24-19(14-32-23)13-31-22(28)17(3)25-33(29,30)20-10-6-5-7-11-20/h5-12,14,17,25H,13H2,1-4H3/t17-/m0/s1. The summed E-state index contributed by atoms with van der Waals surface area (Å²) < 4.78 is 32.3. The maximum Gasteiger partial charge on any atom is 0.324 e. The largest absolute Gasteiger partial charge is 0.458 e. The maximum absolute atomic E-state index is 12.4. The van der Waals surface area contributed by atoms with E-state index in [2.05, 4.69) is 9.71 Å². The number of aryl methyl sites for hydroxylation is 1. The fourth-order valence-corrected chi connectivity index (χ4v) is 5.15. The van der Waals surface area contributed by atoms with Crippen molar-refractivity contribution in [1.29, 1.82) is 0 Å². The molecule has 8 nitrogen and oxygen atoms in total. The Labute approximate surface area is 197 Å². The zero-order chi connectivity index (χ0) is 24.2. The van der Waals surface area contributed by atoms with Crippen LogP contribution >= 0.6 is 11.3 Å². The zero-order valence-electron chi connectivity index (χ0n) is 18.7. The molecule has 0 aliphatic rings. The molecule has 0 bridgehead atoms. The number of ether oxygens (including phenoxy) is 1. The first-order valence-electron chi connectivity index (χ1n) is 10.2. The predicted molar refractivity (Wildman–Crippen MR) is 127 cm³/mol. The average Bonchev–Trinajstić information content (AvgIpc) is 3.23. The molecule has 0 fully saturated rings. The summed E-state index contributed by atoms with van der Waals surface area (Å²) in [5.41, 5.74) is 3.22. The van der Waals surface area contributed by atoms with Crippen LogP contribution in [0.2, 0.25) is 0 Å². The summed E-state index contributed by atoms with van der Waals surface area (Å²) in [6, 6.07) is 12.4. The van der Waals surface area contributed by atoms with E-state index < -0.39 is 22.0 Å². The lowest BCUT2D eigenvalue weighted by Gasteiger charge is -2.21. The highest BCUT2D eigenvalue weighted by Crippen LogP contribution is 2.32. The van der Waals surface area contributed by atoms with Gasteiger partial charge in [-0.3, -0.25) is 14.5 Å². The van der Waals surface area contributed by atoms with Gasteiger partial charge in [0.25, 0.3) is 0 Å². The van der Waals surface area contributed by atoms with Crippen LogP contribution in [0, 0.1) is 13.8 Å². The van der Waals surface area contributed by atoms with E-state index in [4.69, 9.17) is 4.74 Å². The Morgan fingerprint density at radius 2 is 1.82 bits per heavy atom. The first kappa shape index (κ1) is 24.6. The number of esters is 1. The molecule has 1 atom stereocenters. The van der Waals surface area contributed by atoms with E-state index >= 15 is 0 Å². The zero-order valence-corrected chi connectivity index (χ0v) is 20.4. The van der Waals surface area contributed by atoms with Crippen molar-refractivity contribution in [3.63, 3.8) is 0 Å². The van der Waals surface area contributed by atoms with E-state index in [-0.39, 0.29) is 17.4 Å². The molecule has 0 unspecified atom stereocenters. The van der Waals surface area contributed by atoms with Gasteiger partial charge >= 0.3 is 5.97 Å². The van der Waals surface area contributed by atoms with Gasteiger partial charge in [-0.15, -0.1) is 11.3 Å². The van der Waals surface area contributed by atoms with E-state index in [1.54, 1.807) is 23.6 Å². The van der Waals surface area contributed by atoms with E-state index in [1.807, 2.05) is 32.0 Å². The number of sulfonamides is 1. The number of rotatable bonds is 8. The molecule has 3 aromatic rings. The Hall–Kier alpha value is -3.08. The van der Waals surface area contributed by atoms with Gasteiger partial charge in [0.15, 0.2) is 5.13 Å². The number of aromatic nitrogens is 1. The molecule has 1 N–H and O–H groups in total. The molecule has 3 rings (SSSR count). The van der Waals surface area contributed by atoms with Crippen LogP contribution in [-0.4, -0.2) is 31.3 Å². The van der Waals surface area contributed by atoms with Crippen LogP contribution in [0.1, 0.15) is 30.7 Å². The summed E-state index contributed by atoms with van der Waals surface area (Å²) in [5.74, 6) is -0.924. The monoisotopic (exact) mass is 487 g/mol. The van der Waals surface area contributed by atoms with Gasteiger partial charge in [0.05, 0.1) is 16.3 Å². The van der Waals surface area contributed by atoms with Crippen molar-refractivity contribution in [1.82, 2.24) is 9.71 Å². The molecule has 0 radical (unpaired) electrons. The minimum Gasteiger partial charge on any atom is -0.458 e. The molecule has 0 saturated carbocycles. The normalized spacial score (nSPS) is 12.2. The summed E-state index contributed by atoms with van der Waals surface area (Å²) >= 11 is 1.25. The lowest BCUT2D eigenvalue weighted by atomic mass is 10.1. The van der Waals surface area contributed by atoms with E-state index in [0.717, 1.165) is 16.8 Å². The number of nitrogens with one attached hydrogen (secondary N) is 1. The molecule has 0 spiro atoms. The first-order chi connectivity index (χ1) is 15.6. The van der Waals surface area contributed by atoms with Crippen molar-refractivity contribution in [2.75, 3.05) is 4.90 Å². The highest BCUT2D eigenvalue weighted by molar-refractivity contribution is 7.89. The van der Waals surface area contributed by atoms with Crippen molar-refractivity contribution in [2.45, 2.75) is 45.2 Å². The second kappa shape index (κ2) is 10.2. The molecule has 0 aliphatic heterocycles. The van der Waals surface area contributed by atoms with Crippen molar-refractivity contribution >= 4 is 44.1 Å². The highest BCUT2D eigenvalue weighted by atomic mass is 32.2. The van der Waals surface area contributed by atoms with Crippen molar-refractivity contribution < 1.29 is 22.7 Å². The smallest absolute Gasteiger partial charge is 0.324 e. The van der Waals surface area contributed by atoms with E-state index in [1.165, 1.54) is 42.2 Å². The van der Waals surface area contributed by atoms with Gasteiger partial charge in [0.2, 0.25) is 15.9 Å². The van der Waals surface area contributed by atoms with Gasteiger partial charge in [0, 0.05) is 12.3 Å². The number of benzene rings is 2. The van der Waals surface area contributed by atoms with Gasteiger partial charge < -0.3 is 4.74 Å². The van der Waals surface area contributed by atoms with Crippen LogP contribution < -0.4 is 9.62 Å². The number of hydrogen-bond donors (Lipinski definition) is 1. The first-order valence-corrected chi connectivity index (χ1v) is 12.5. The van der Waals surface area contributed by atoms with Crippen LogP contribution in [-0.2, 0) is 31.0 Å². The molecular weight excluding hydrogens is 462 g/mol. The topological polar surface area (TPSA) is 106 Å². The van der Waals surface area contributed by atoms with Crippen molar-refractivity contribution in [3.8, 4) is 0 Å². The van der Waals surface area contributed by atoms with E-state index in [9.17, 15) is 18.0 Å². The minimum absolute atomic E-state index is 0.0598. The second-order valence-corrected chi connectivity index (χ2v) is 10.0. The Morgan fingerprint density at radius 1 is 1.12 bits per heavy atom. The van der Waals surface area contributed by atoms with Gasteiger partial charge in [0.1, 0.15) is 12.6 Å². The number of nitrogens with zero attached hydrogens (tertiary/aromatic N) is 2. The highest BCUT2D eigenvalue weighted by Gasteiger charge is 2.24. The maximum atomic E-state index is 12.4. The number of anilines is 2. The van der Waals surface area contributed by atoms with Crippen LogP contribution in [0.4, 0.5) is 10.8 Å². The molecule has 0 aliphatic carbocycles. The van der Waals surface area contributed by atoms with Gasteiger partial charge in [-0.1, -0.05) is 30.3 Å². The molecule has 1 heterocycles. The number of amides is 1. The molecule has 0 saturated heterocycles. The molecule has 2 aromatic carbocycles. The predicted octanol–water partition coefficient (Wildman–Crippen LogP) is 3.85. The number of carbonyl (C=O) groups excluding carboxylic acids is 2. The second-order valence-electron chi connectivity index (χ2n) is 7.46. The molecule has 174 valence electrons. The SMILES string of the molecule is CC(=O)N(c1nc(COC(=O)[C@H](C)NS(=O)(=O)c2ccccc2)cs1)c1cccc(C)c1C. The quantitative estimate of drug-likeness (QED) is 0.484. The molecule has 1 amide bonds. The average molecular weight is 488 g/mol. The Bertz CT molecular complexity index is 1260. The van der Waals surface area contributed by atoms with Crippen molar-refractivity contribution in [3.05, 3.63) is 70.7 Å². The Morgan fingerprint density at radius 3 is 2.48 bits per heavy atom. The third kappa shape index (κ3) is 5.84. The van der Waals surface area contributed by atoms with Gasteiger partial charge in [-0.25, -0.2) is 13.4 Å². The van der Waals surface area contributed by atoms with Gasteiger partial charge in [-0.2, -0.15) is 4.72 Å². The molecule has 1 aromatic heterocycles.